The van der Waals surface area contributed by atoms with Gasteiger partial charge in [-0.1, -0.05) is 35.7 Å². The molecule has 1 saturated carbocycles. The summed E-state index contributed by atoms with van der Waals surface area (Å²) in [6.07, 6.45) is 2.79. The molecule has 0 bridgehead atoms. The summed E-state index contributed by atoms with van der Waals surface area (Å²) in [5, 5.41) is 1.01. The Morgan fingerprint density at radius 1 is 1.31 bits per heavy atom. The lowest BCUT2D eigenvalue weighted by Gasteiger charge is -2.40. The van der Waals surface area contributed by atoms with Crippen LogP contribution in [0.5, 0.6) is 0 Å². The normalized spacial score (nSPS) is 17.9. The largest absolute Gasteiger partial charge is 0.324 e. The maximum absolute atomic E-state index is 11.9. The van der Waals surface area contributed by atoms with Crippen molar-refractivity contribution in [1.29, 1.82) is 0 Å². The summed E-state index contributed by atoms with van der Waals surface area (Å²) in [5.41, 5.74) is 6.01. The molecule has 1 fully saturated rings. The van der Waals surface area contributed by atoms with E-state index in [1.807, 2.05) is 6.07 Å². The van der Waals surface area contributed by atoms with E-state index in [2.05, 4.69) is 0 Å². The van der Waals surface area contributed by atoms with Crippen LogP contribution in [0.2, 0.25) is 10.0 Å². The van der Waals surface area contributed by atoms with E-state index < -0.39 is 5.41 Å². The van der Waals surface area contributed by atoms with Gasteiger partial charge in [0, 0.05) is 0 Å². The molecule has 1 aliphatic rings. The van der Waals surface area contributed by atoms with E-state index in [0.717, 1.165) is 24.8 Å². The van der Waals surface area contributed by atoms with Crippen LogP contribution in [0.4, 0.5) is 0 Å². The van der Waals surface area contributed by atoms with Gasteiger partial charge in [0.15, 0.2) is 5.78 Å². The Morgan fingerprint density at radius 3 is 2.44 bits per heavy atom. The topological polar surface area (TPSA) is 43.1 Å². The fraction of sp³-hybridized carbons (Fsp3) is 0.417. The highest BCUT2D eigenvalue weighted by Gasteiger charge is 2.44. The van der Waals surface area contributed by atoms with Crippen LogP contribution in [0.3, 0.4) is 0 Å². The first-order valence-electron chi connectivity index (χ1n) is 5.29. The third kappa shape index (κ3) is 1.75. The molecule has 4 heteroatoms. The summed E-state index contributed by atoms with van der Waals surface area (Å²) in [6.45, 7) is 0.0836. The summed E-state index contributed by atoms with van der Waals surface area (Å²) in [7, 11) is 0. The number of hydrogen-bond donors (Lipinski definition) is 1. The Kier molecular flexibility index (Phi) is 3.24. The fourth-order valence-electron chi connectivity index (χ4n) is 2.25. The molecule has 16 heavy (non-hydrogen) atoms. The lowest BCUT2D eigenvalue weighted by atomic mass is 9.62. The molecule has 2 N–H and O–H groups in total. The number of nitrogens with two attached hydrogens (primary N) is 1. The number of rotatable bonds is 3. The quantitative estimate of drug-likeness (QED) is 0.905. The first-order valence-corrected chi connectivity index (χ1v) is 6.04. The molecule has 0 saturated heterocycles. The summed E-state index contributed by atoms with van der Waals surface area (Å²) in [4.78, 5) is 11.9. The molecule has 2 rings (SSSR count). The molecule has 1 aromatic rings. The van der Waals surface area contributed by atoms with Gasteiger partial charge in [-0.2, -0.15) is 0 Å². The van der Waals surface area contributed by atoms with E-state index in [9.17, 15) is 4.79 Å². The van der Waals surface area contributed by atoms with Crippen molar-refractivity contribution in [2.45, 2.75) is 24.7 Å². The van der Waals surface area contributed by atoms with Crippen LogP contribution in [0, 0.1) is 0 Å². The Balaban J connectivity index is 2.41. The van der Waals surface area contributed by atoms with Crippen molar-refractivity contribution in [3.63, 3.8) is 0 Å². The zero-order valence-electron chi connectivity index (χ0n) is 8.80. The first kappa shape index (κ1) is 11.9. The van der Waals surface area contributed by atoms with Crippen molar-refractivity contribution in [2.75, 3.05) is 6.54 Å². The summed E-state index contributed by atoms with van der Waals surface area (Å²) in [6, 6.07) is 5.40. The highest BCUT2D eigenvalue weighted by Crippen LogP contribution is 2.45. The summed E-state index contributed by atoms with van der Waals surface area (Å²) in [5.74, 6) is 0.0946. The van der Waals surface area contributed by atoms with E-state index in [4.69, 9.17) is 28.9 Å². The maximum Gasteiger partial charge on any atom is 0.156 e. The van der Waals surface area contributed by atoms with E-state index in [0.29, 0.717) is 10.0 Å². The predicted molar refractivity (Wildman–Crippen MR) is 66.1 cm³/mol. The minimum Gasteiger partial charge on any atom is -0.324 e. The van der Waals surface area contributed by atoms with Crippen molar-refractivity contribution in [2.24, 2.45) is 5.73 Å². The summed E-state index contributed by atoms with van der Waals surface area (Å²) < 4.78 is 0. The van der Waals surface area contributed by atoms with E-state index in [-0.39, 0.29) is 12.3 Å². The molecular formula is C12H13Cl2NO. The molecule has 86 valence electrons. The Hall–Kier alpha value is -0.570. The smallest absolute Gasteiger partial charge is 0.156 e. The fourth-order valence-corrected chi connectivity index (χ4v) is 2.55. The minimum atomic E-state index is -0.400. The van der Waals surface area contributed by atoms with Gasteiger partial charge in [-0.25, -0.2) is 0 Å². The van der Waals surface area contributed by atoms with Crippen LogP contribution in [0.15, 0.2) is 18.2 Å². The zero-order valence-corrected chi connectivity index (χ0v) is 10.3. The van der Waals surface area contributed by atoms with E-state index in [1.54, 1.807) is 12.1 Å². The third-order valence-corrected chi connectivity index (χ3v) is 4.14. The molecule has 0 spiro atoms. The number of Topliss-reactive ketones (excluding diaryl/α,β-unsaturated/α-hetero) is 1. The van der Waals surface area contributed by atoms with Crippen LogP contribution in [0.1, 0.15) is 24.8 Å². The van der Waals surface area contributed by atoms with Crippen molar-refractivity contribution < 1.29 is 4.79 Å². The predicted octanol–water partition coefficient (Wildman–Crippen LogP) is 2.94. The molecule has 0 aromatic heterocycles. The number of halogens is 2. The number of carbonyl (C=O) groups is 1. The Morgan fingerprint density at radius 2 is 2.00 bits per heavy atom. The lowest BCUT2D eigenvalue weighted by molar-refractivity contribution is -0.126. The maximum atomic E-state index is 11.9. The van der Waals surface area contributed by atoms with Gasteiger partial charge in [0.05, 0.1) is 22.0 Å². The van der Waals surface area contributed by atoms with Gasteiger partial charge in [-0.3, -0.25) is 4.79 Å². The highest BCUT2D eigenvalue weighted by atomic mass is 35.5. The van der Waals surface area contributed by atoms with Crippen LogP contribution in [-0.4, -0.2) is 12.3 Å². The van der Waals surface area contributed by atoms with Crippen molar-refractivity contribution in [3.8, 4) is 0 Å². The second-order valence-corrected chi connectivity index (χ2v) is 5.01. The minimum absolute atomic E-state index is 0.0836. The Labute approximate surface area is 105 Å². The van der Waals surface area contributed by atoms with Gasteiger partial charge >= 0.3 is 0 Å². The van der Waals surface area contributed by atoms with Crippen LogP contribution in [0.25, 0.3) is 0 Å². The third-order valence-electron chi connectivity index (χ3n) is 3.40. The molecule has 1 aromatic carbocycles. The van der Waals surface area contributed by atoms with Crippen LogP contribution < -0.4 is 5.73 Å². The SMILES string of the molecule is NCC(=O)C1(c2ccc(Cl)c(Cl)c2)CCC1. The molecule has 0 amide bonds. The monoisotopic (exact) mass is 257 g/mol. The van der Waals surface area contributed by atoms with Gasteiger partial charge in [0.1, 0.15) is 0 Å². The van der Waals surface area contributed by atoms with Gasteiger partial charge in [0.25, 0.3) is 0 Å². The number of ketones is 1. The molecule has 0 aliphatic heterocycles. The molecule has 0 atom stereocenters. The lowest BCUT2D eigenvalue weighted by Crippen LogP contribution is -2.45. The second kappa shape index (κ2) is 4.36. The van der Waals surface area contributed by atoms with Gasteiger partial charge in [-0.05, 0) is 30.5 Å². The van der Waals surface area contributed by atoms with Gasteiger partial charge in [0.2, 0.25) is 0 Å². The van der Waals surface area contributed by atoms with E-state index in [1.165, 1.54) is 0 Å². The van der Waals surface area contributed by atoms with Crippen LogP contribution >= 0.6 is 23.2 Å². The molecule has 1 aliphatic carbocycles. The van der Waals surface area contributed by atoms with Crippen molar-refractivity contribution in [1.82, 2.24) is 0 Å². The van der Waals surface area contributed by atoms with E-state index >= 15 is 0 Å². The zero-order chi connectivity index (χ0) is 11.8. The summed E-state index contributed by atoms with van der Waals surface area (Å²) >= 11 is 11.8. The standard InChI is InChI=1S/C12H13Cl2NO/c13-9-3-2-8(6-10(9)14)12(4-1-5-12)11(16)7-15/h2-3,6H,1,4-5,7,15H2. The van der Waals surface area contributed by atoms with Crippen molar-refractivity contribution >= 4 is 29.0 Å². The average molecular weight is 258 g/mol. The highest BCUT2D eigenvalue weighted by molar-refractivity contribution is 6.42. The van der Waals surface area contributed by atoms with Gasteiger partial charge < -0.3 is 5.73 Å². The molecule has 0 heterocycles. The molecule has 0 unspecified atom stereocenters. The Bertz CT molecular complexity index is 427. The van der Waals surface area contributed by atoms with Crippen LogP contribution in [-0.2, 0) is 10.2 Å². The van der Waals surface area contributed by atoms with Crippen molar-refractivity contribution in [3.05, 3.63) is 33.8 Å². The first-order chi connectivity index (χ1) is 7.60. The molecular weight excluding hydrogens is 245 g/mol. The van der Waals surface area contributed by atoms with Gasteiger partial charge in [-0.15, -0.1) is 0 Å². The number of benzene rings is 1. The average Bonchev–Trinajstić information content (AvgIpc) is 2.21. The molecule has 0 radical (unpaired) electrons. The second-order valence-electron chi connectivity index (χ2n) is 4.19. The number of hydrogen-bond acceptors (Lipinski definition) is 2. The number of carbonyl (C=O) groups excluding carboxylic acids is 1. The molecule has 2 nitrogen and oxygen atoms in total.